The predicted molar refractivity (Wildman–Crippen MR) is 75.7 cm³/mol. The molecule has 0 aromatic carbocycles. The number of halogens is 1. The van der Waals surface area contributed by atoms with Crippen molar-refractivity contribution in [3.63, 3.8) is 0 Å². The second kappa shape index (κ2) is 6.85. The van der Waals surface area contributed by atoms with E-state index in [2.05, 4.69) is 20.2 Å². The van der Waals surface area contributed by atoms with Gasteiger partial charge in [0, 0.05) is 25.0 Å². The molecule has 1 fully saturated rings. The summed E-state index contributed by atoms with van der Waals surface area (Å²) in [6.07, 6.45) is 3.01. The first kappa shape index (κ1) is 15.0. The van der Waals surface area contributed by atoms with Crippen LogP contribution in [-0.2, 0) is 4.79 Å². The summed E-state index contributed by atoms with van der Waals surface area (Å²) < 4.78 is 5.52. The van der Waals surface area contributed by atoms with E-state index in [1.165, 1.54) is 6.20 Å². The minimum absolute atomic E-state index is 0.0695. The van der Waals surface area contributed by atoms with Gasteiger partial charge in [-0.05, 0) is 13.8 Å². The Kier molecular flexibility index (Phi) is 5.14. The van der Waals surface area contributed by atoms with E-state index >= 15 is 0 Å². The van der Waals surface area contributed by atoms with Crippen molar-refractivity contribution in [2.75, 3.05) is 26.2 Å². The number of hydrogen-bond donors (Lipinski definition) is 1. The largest absolute Gasteiger partial charge is 0.476 e. The molecule has 1 aromatic rings. The van der Waals surface area contributed by atoms with E-state index in [1.54, 1.807) is 6.20 Å². The summed E-state index contributed by atoms with van der Waals surface area (Å²) in [5.41, 5.74) is 0. The lowest BCUT2D eigenvalue weighted by Crippen LogP contribution is -2.53. The number of ether oxygens (including phenoxy) is 1. The molecule has 0 aliphatic carbocycles. The maximum atomic E-state index is 11.6. The first-order chi connectivity index (χ1) is 9.52. The summed E-state index contributed by atoms with van der Waals surface area (Å²) in [6.45, 7) is 6.65. The molecule has 0 saturated carbocycles. The summed E-state index contributed by atoms with van der Waals surface area (Å²) in [6, 6.07) is 0.185. The summed E-state index contributed by atoms with van der Waals surface area (Å²) in [5.74, 6) is 0.927. The molecule has 7 heteroatoms. The van der Waals surface area contributed by atoms with Crippen LogP contribution in [-0.4, -0.2) is 53.1 Å². The molecular weight excluding hydrogens is 280 g/mol. The molecular formula is C13H19ClN4O2. The van der Waals surface area contributed by atoms with Crippen molar-refractivity contribution in [1.82, 2.24) is 20.2 Å². The zero-order chi connectivity index (χ0) is 14.5. The fourth-order valence-electron chi connectivity index (χ4n) is 2.08. The van der Waals surface area contributed by atoms with Crippen LogP contribution in [0.15, 0.2) is 12.4 Å². The fraction of sp³-hybridized carbons (Fsp3) is 0.615. The lowest BCUT2D eigenvalue weighted by atomic mass is 10.0. The van der Waals surface area contributed by atoms with Crippen LogP contribution in [0.2, 0.25) is 5.15 Å². The molecule has 0 spiro atoms. The van der Waals surface area contributed by atoms with Gasteiger partial charge in [-0.25, -0.2) is 0 Å². The molecule has 0 radical (unpaired) electrons. The molecule has 1 saturated heterocycles. The topological polar surface area (TPSA) is 67.4 Å². The summed E-state index contributed by atoms with van der Waals surface area (Å²) in [7, 11) is 0. The van der Waals surface area contributed by atoms with Gasteiger partial charge in [-0.2, -0.15) is 4.98 Å². The van der Waals surface area contributed by atoms with Gasteiger partial charge in [-0.3, -0.25) is 14.7 Å². The van der Waals surface area contributed by atoms with Gasteiger partial charge >= 0.3 is 0 Å². The van der Waals surface area contributed by atoms with Crippen LogP contribution in [0.1, 0.15) is 13.8 Å². The monoisotopic (exact) mass is 298 g/mol. The molecule has 1 aromatic heterocycles. The number of carbonyl (C=O) groups is 1. The molecule has 2 rings (SSSR count). The molecule has 110 valence electrons. The molecule has 2 heterocycles. The minimum Gasteiger partial charge on any atom is -0.476 e. The Labute approximate surface area is 123 Å². The number of nitrogens with zero attached hydrogens (tertiary/aromatic N) is 3. The Hall–Kier alpha value is -1.40. The van der Waals surface area contributed by atoms with Crippen molar-refractivity contribution in [3.8, 4) is 5.88 Å². The van der Waals surface area contributed by atoms with Crippen LogP contribution in [0, 0.1) is 5.92 Å². The van der Waals surface area contributed by atoms with Crippen LogP contribution >= 0.6 is 11.6 Å². The fourth-order valence-corrected chi connectivity index (χ4v) is 2.22. The van der Waals surface area contributed by atoms with E-state index in [4.69, 9.17) is 16.3 Å². The van der Waals surface area contributed by atoms with Gasteiger partial charge in [0.25, 0.3) is 0 Å². The third-order valence-electron chi connectivity index (χ3n) is 2.90. The van der Waals surface area contributed by atoms with Gasteiger partial charge in [0.05, 0.1) is 25.5 Å². The van der Waals surface area contributed by atoms with E-state index in [1.807, 2.05) is 13.8 Å². The molecule has 1 N–H and O–H groups in total. The van der Waals surface area contributed by atoms with Crippen LogP contribution in [0.25, 0.3) is 0 Å². The molecule has 0 bridgehead atoms. The average Bonchev–Trinajstić information content (AvgIpc) is 2.31. The molecule has 20 heavy (non-hydrogen) atoms. The van der Waals surface area contributed by atoms with Crippen molar-refractivity contribution in [2.24, 2.45) is 5.92 Å². The SMILES string of the molecule is CC(C)NC(=O)CN1CC(COc2cncc(Cl)n2)C1. The first-order valence-electron chi connectivity index (χ1n) is 6.65. The normalized spacial score (nSPS) is 16.0. The Balaban J connectivity index is 1.63. The number of hydrogen-bond acceptors (Lipinski definition) is 5. The van der Waals surface area contributed by atoms with E-state index in [0.29, 0.717) is 30.1 Å². The Morgan fingerprint density at radius 1 is 1.55 bits per heavy atom. The quantitative estimate of drug-likeness (QED) is 0.847. The molecule has 0 atom stereocenters. The lowest BCUT2D eigenvalue weighted by molar-refractivity contribution is -0.124. The van der Waals surface area contributed by atoms with Gasteiger partial charge in [0.15, 0.2) is 5.15 Å². The standard InChI is InChI=1S/C13H19ClN4O2/c1-9(2)16-12(19)7-18-5-10(6-18)8-20-13-4-15-3-11(14)17-13/h3-4,9-10H,5-8H2,1-2H3,(H,16,19). The average molecular weight is 299 g/mol. The molecule has 1 aliphatic heterocycles. The second-order valence-electron chi connectivity index (χ2n) is 5.27. The summed E-state index contributed by atoms with van der Waals surface area (Å²) in [5, 5.41) is 3.20. The third kappa shape index (κ3) is 4.61. The number of aromatic nitrogens is 2. The Morgan fingerprint density at radius 2 is 2.30 bits per heavy atom. The van der Waals surface area contributed by atoms with E-state index in [-0.39, 0.29) is 11.9 Å². The van der Waals surface area contributed by atoms with Crippen LogP contribution in [0.3, 0.4) is 0 Å². The van der Waals surface area contributed by atoms with Gasteiger partial charge in [-0.15, -0.1) is 0 Å². The molecule has 6 nitrogen and oxygen atoms in total. The number of rotatable bonds is 6. The summed E-state index contributed by atoms with van der Waals surface area (Å²) in [4.78, 5) is 21.6. The van der Waals surface area contributed by atoms with E-state index in [0.717, 1.165) is 13.1 Å². The highest BCUT2D eigenvalue weighted by molar-refractivity contribution is 6.29. The molecule has 1 amide bonds. The van der Waals surface area contributed by atoms with Gasteiger partial charge in [-0.1, -0.05) is 11.6 Å². The smallest absolute Gasteiger partial charge is 0.234 e. The predicted octanol–water partition coefficient (Wildman–Crippen LogP) is 0.965. The maximum absolute atomic E-state index is 11.6. The number of nitrogens with one attached hydrogen (secondary N) is 1. The highest BCUT2D eigenvalue weighted by Crippen LogP contribution is 2.17. The van der Waals surface area contributed by atoms with Gasteiger partial charge in [0.2, 0.25) is 11.8 Å². The molecule has 0 unspecified atom stereocenters. The minimum atomic E-state index is 0.0695. The van der Waals surface area contributed by atoms with Crippen molar-refractivity contribution in [1.29, 1.82) is 0 Å². The van der Waals surface area contributed by atoms with Crippen molar-refractivity contribution in [2.45, 2.75) is 19.9 Å². The van der Waals surface area contributed by atoms with Crippen molar-refractivity contribution in [3.05, 3.63) is 17.5 Å². The number of likely N-dealkylation sites (tertiary alicyclic amines) is 1. The van der Waals surface area contributed by atoms with Gasteiger partial charge < -0.3 is 10.1 Å². The summed E-state index contributed by atoms with van der Waals surface area (Å²) >= 11 is 5.72. The first-order valence-corrected chi connectivity index (χ1v) is 7.03. The Bertz CT molecular complexity index is 463. The van der Waals surface area contributed by atoms with E-state index in [9.17, 15) is 4.79 Å². The van der Waals surface area contributed by atoms with Crippen LogP contribution in [0.4, 0.5) is 0 Å². The highest BCUT2D eigenvalue weighted by Gasteiger charge is 2.28. The zero-order valence-corrected chi connectivity index (χ0v) is 12.4. The zero-order valence-electron chi connectivity index (χ0n) is 11.7. The highest BCUT2D eigenvalue weighted by atomic mass is 35.5. The lowest BCUT2D eigenvalue weighted by Gasteiger charge is -2.38. The maximum Gasteiger partial charge on any atom is 0.234 e. The Morgan fingerprint density at radius 3 is 2.95 bits per heavy atom. The van der Waals surface area contributed by atoms with Crippen LogP contribution < -0.4 is 10.1 Å². The van der Waals surface area contributed by atoms with Gasteiger partial charge in [0.1, 0.15) is 0 Å². The van der Waals surface area contributed by atoms with E-state index < -0.39 is 0 Å². The third-order valence-corrected chi connectivity index (χ3v) is 3.08. The van der Waals surface area contributed by atoms with Crippen molar-refractivity contribution < 1.29 is 9.53 Å². The van der Waals surface area contributed by atoms with Crippen LogP contribution in [0.5, 0.6) is 5.88 Å². The number of amides is 1. The number of carbonyl (C=O) groups excluding carboxylic acids is 1. The molecule has 1 aliphatic rings. The van der Waals surface area contributed by atoms with Crippen molar-refractivity contribution >= 4 is 17.5 Å². The second-order valence-corrected chi connectivity index (χ2v) is 5.66.